The van der Waals surface area contributed by atoms with Crippen molar-refractivity contribution in [3.63, 3.8) is 0 Å². The van der Waals surface area contributed by atoms with Crippen LogP contribution in [0.2, 0.25) is 0 Å². The molecule has 0 aliphatic rings. The molecule has 4 nitrogen and oxygen atoms in total. The molecule has 0 spiro atoms. The summed E-state index contributed by atoms with van der Waals surface area (Å²) in [4.78, 5) is 3.86. The summed E-state index contributed by atoms with van der Waals surface area (Å²) in [5.41, 5.74) is 0.441. The maximum atomic E-state index is 13.1. The Kier molecular flexibility index (Phi) is 2.52. The first-order chi connectivity index (χ1) is 7.67. The Morgan fingerprint density at radius 2 is 1.81 bits per heavy atom. The van der Waals surface area contributed by atoms with Gasteiger partial charge in [0.25, 0.3) is 0 Å². The number of hydrogen-bond donors (Lipinski definition) is 1. The topological polar surface area (TPSA) is 51.6 Å². The van der Waals surface area contributed by atoms with E-state index >= 15 is 0 Å². The van der Waals surface area contributed by atoms with Gasteiger partial charge in [0.15, 0.2) is 23.1 Å². The van der Waals surface area contributed by atoms with Gasteiger partial charge >= 0.3 is 0 Å². The molecule has 0 bridgehead atoms. The average Bonchev–Trinajstić information content (AvgIpc) is 2.32. The number of rotatable bonds is 2. The van der Waals surface area contributed by atoms with E-state index in [1.54, 1.807) is 6.07 Å². The maximum absolute atomic E-state index is 13.1. The van der Waals surface area contributed by atoms with E-state index in [2.05, 4.69) is 4.98 Å². The molecule has 1 heterocycles. The monoisotopic (exact) mass is 223 g/mol. The molecule has 84 valence electrons. The van der Waals surface area contributed by atoms with Crippen LogP contribution in [0, 0.1) is 5.82 Å². The van der Waals surface area contributed by atoms with Gasteiger partial charge in [-0.15, -0.1) is 0 Å². The van der Waals surface area contributed by atoms with Crippen LogP contribution < -0.4 is 9.47 Å². The third kappa shape index (κ3) is 1.50. The second-order valence-corrected chi connectivity index (χ2v) is 3.18. The summed E-state index contributed by atoms with van der Waals surface area (Å²) in [6, 6.07) is 3.06. The van der Waals surface area contributed by atoms with E-state index in [1.807, 2.05) is 0 Å². The molecule has 0 fully saturated rings. The summed E-state index contributed by atoms with van der Waals surface area (Å²) in [6.07, 6.45) is 0.962. The molecule has 2 aromatic rings. The van der Waals surface area contributed by atoms with Crippen LogP contribution in [0.3, 0.4) is 0 Å². The van der Waals surface area contributed by atoms with Crippen molar-refractivity contribution in [2.24, 2.45) is 0 Å². The summed E-state index contributed by atoms with van der Waals surface area (Å²) >= 11 is 0. The Labute approximate surface area is 91.2 Å². The Hall–Kier alpha value is -2.04. The van der Waals surface area contributed by atoms with Gasteiger partial charge in [0.2, 0.25) is 0 Å². The Balaban J connectivity index is 2.78. The van der Waals surface area contributed by atoms with Crippen LogP contribution in [0.5, 0.6) is 17.2 Å². The van der Waals surface area contributed by atoms with Gasteiger partial charge in [-0.2, -0.15) is 0 Å². The van der Waals surface area contributed by atoms with Gasteiger partial charge in [-0.3, -0.25) is 4.98 Å². The summed E-state index contributed by atoms with van der Waals surface area (Å²) in [5, 5.41) is 9.82. The number of hydrogen-bond acceptors (Lipinski definition) is 4. The normalized spacial score (nSPS) is 10.4. The fraction of sp³-hybridized carbons (Fsp3) is 0.182. The predicted octanol–water partition coefficient (Wildman–Crippen LogP) is 2.10. The molecule has 1 N–H and O–H groups in total. The number of pyridine rings is 1. The zero-order valence-corrected chi connectivity index (χ0v) is 8.82. The second-order valence-electron chi connectivity index (χ2n) is 3.18. The number of nitrogens with zero attached hydrogens (tertiary/aromatic N) is 1. The smallest absolute Gasteiger partial charge is 0.183 e. The van der Waals surface area contributed by atoms with Gasteiger partial charge in [-0.25, -0.2) is 4.39 Å². The highest BCUT2D eigenvalue weighted by Crippen LogP contribution is 2.35. The molecule has 0 atom stereocenters. The molecule has 0 unspecified atom stereocenters. The molecule has 5 heteroatoms. The highest BCUT2D eigenvalue weighted by Gasteiger charge is 2.12. The van der Waals surface area contributed by atoms with Crippen molar-refractivity contribution in [3.05, 3.63) is 24.1 Å². The maximum Gasteiger partial charge on any atom is 0.183 e. The van der Waals surface area contributed by atoms with Crippen LogP contribution in [0.1, 0.15) is 0 Å². The summed E-state index contributed by atoms with van der Waals surface area (Å²) in [7, 11) is 2.96. The largest absolute Gasteiger partial charge is 0.504 e. The van der Waals surface area contributed by atoms with E-state index in [0.29, 0.717) is 17.0 Å². The number of benzene rings is 1. The Morgan fingerprint density at radius 1 is 1.19 bits per heavy atom. The molecule has 0 aliphatic carbocycles. The van der Waals surface area contributed by atoms with Crippen LogP contribution >= 0.6 is 0 Å². The fourth-order valence-electron chi connectivity index (χ4n) is 1.48. The summed E-state index contributed by atoms with van der Waals surface area (Å²) in [6.45, 7) is 0. The molecule has 0 amide bonds. The average molecular weight is 223 g/mol. The highest BCUT2D eigenvalue weighted by atomic mass is 19.1. The first-order valence-electron chi connectivity index (χ1n) is 4.56. The van der Waals surface area contributed by atoms with Gasteiger partial charge in [-0.1, -0.05) is 0 Å². The van der Waals surface area contributed by atoms with Gasteiger partial charge in [0.1, 0.15) is 0 Å². The zero-order valence-electron chi connectivity index (χ0n) is 8.82. The minimum atomic E-state index is -0.764. The minimum Gasteiger partial charge on any atom is -0.504 e. The molecular formula is C11H10FNO3. The Morgan fingerprint density at radius 3 is 2.44 bits per heavy atom. The number of aromatic nitrogens is 1. The van der Waals surface area contributed by atoms with E-state index in [0.717, 1.165) is 6.20 Å². The van der Waals surface area contributed by atoms with Gasteiger partial charge in [0, 0.05) is 11.5 Å². The van der Waals surface area contributed by atoms with Crippen LogP contribution in [-0.2, 0) is 0 Å². The third-order valence-electron chi connectivity index (χ3n) is 2.30. The minimum absolute atomic E-state index is 0.289. The van der Waals surface area contributed by atoms with Crippen LogP contribution in [0.15, 0.2) is 18.3 Å². The van der Waals surface area contributed by atoms with Crippen molar-refractivity contribution >= 4 is 10.9 Å². The number of aromatic hydroxyl groups is 1. The van der Waals surface area contributed by atoms with Crippen LogP contribution in [-0.4, -0.2) is 24.3 Å². The standard InChI is InChI=1S/C11H10FNO3/c1-15-9-3-6-8(4-10(9)16-2)13-5-7(12)11(6)14/h3-5H,1-2H3,(H,13,14). The molecule has 0 saturated heterocycles. The Bertz CT molecular complexity index is 542. The number of ether oxygens (including phenoxy) is 2. The lowest BCUT2D eigenvalue weighted by Crippen LogP contribution is -1.92. The lowest BCUT2D eigenvalue weighted by atomic mass is 10.2. The summed E-state index contributed by atoms with van der Waals surface area (Å²) in [5.74, 6) is -0.308. The molecule has 1 aromatic heterocycles. The van der Waals surface area contributed by atoms with E-state index in [1.165, 1.54) is 20.3 Å². The van der Waals surface area contributed by atoms with E-state index in [-0.39, 0.29) is 5.39 Å². The third-order valence-corrected chi connectivity index (χ3v) is 2.30. The van der Waals surface area contributed by atoms with Crippen molar-refractivity contribution in [1.82, 2.24) is 4.98 Å². The highest BCUT2D eigenvalue weighted by molar-refractivity contribution is 5.87. The van der Waals surface area contributed by atoms with Gasteiger partial charge in [-0.05, 0) is 6.07 Å². The van der Waals surface area contributed by atoms with E-state index < -0.39 is 11.6 Å². The van der Waals surface area contributed by atoms with E-state index in [9.17, 15) is 9.50 Å². The van der Waals surface area contributed by atoms with Crippen molar-refractivity contribution in [2.75, 3.05) is 14.2 Å². The van der Waals surface area contributed by atoms with Crippen molar-refractivity contribution in [1.29, 1.82) is 0 Å². The van der Waals surface area contributed by atoms with Crippen molar-refractivity contribution in [2.45, 2.75) is 0 Å². The first-order valence-corrected chi connectivity index (χ1v) is 4.56. The molecule has 0 radical (unpaired) electrons. The van der Waals surface area contributed by atoms with Crippen molar-refractivity contribution < 1.29 is 19.0 Å². The number of methoxy groups -OCH3 is 2. The zero-order chi connectivity index (χ0) is 11.7. The summed E-state index contributed by atoms with van der Waals surface area (Å²) < 4.78 is 23.2. The van der Waals surface area contributed by atoms with Crippen LogP contribution in [0.4, 0.5) is 4.39 Å². The van der Waals surface area contributed by atoms with E-state index in [4.69, 9.17) is 9.47 Å². The fourth-order valence-corrected chi connectivity index (χ4v) is 1.48. The first kappa shape index (κ1) is 10.5. The van der Waals surface area contributed by atoms with Gasteiger partial charge in [0.05, 0.1) is 25.9 Å². The number of halogens is 1. The number of fused-ring (bicyclic) bond motifs is 1. The van der Waals surface area contributed by atoms with Crippen molar-refractivity contribution in [3.8, 4) is 17.2 Å². The molecular weight excluding hydrogens is 213 g/mol. The molecule has 1 aromatic carbocycles. The van der Waals surface area contributed by atoms with Crippen LogP contribution in [0.25, 0.3) is 10.9 Å². The van der Waals surface area contributed by atoms with Gasteiger partial charge < -0.3 is 14.6 Å². The quantitative estimate of drug-likeness (QED) is 0.847. The predicted molar refractivity (Wildman–Crippen MR) is 56.5 cm³/mol. The second kappa shape index (κ2) is 3.84. The molecule has 16 heavy (non-hydrogen) atoms. The molecule has 0 aliphatic heterocycles. The SMILES string of the molecule is COc1cc2ncc(F)c(O)c2cc1OC. The molecule has 2 rings (SSSR count). The lowest BCUT2D eigenvalue weighted by molar-refractivity contribution is 0.355. The lowest BCUT2D eigenvalue weighted by Gasteiger charge is -2.09. The molecule has 0 saturated carbocycles.